The summed E-state index contributed by atoms with van der Waals surface area (Å²) in [6.07, 6.45) is 0. The zero-order valence-corrected chi connectivity index (χ0v) is 76.1. The van der Waals surface area contributed by atoms with Gasteiger partial charge in [-0.3, -0.25) is 0 Å². The van der Waals surface area contributed by atoms with Gasteiger partial charge in [-0.1, -0.05) is 340 Å². The molecule has 30 aromatic rings. The number of hydrogen-bond donors (Lipinski definition) is 0. The van der Waals surface area contributed by atoms with Crippen molar-refractivity contribution in [2.45, 2.75) is 0 Å². The lowest BCUT2D eigenvalue weighted by atomic mass is 10.0. The standard InChI is InChI=1S/2C66H42N4/c1-5-19-43(20-6-1)45-23-17-29-49(39-45)67(47-25-9-3-10-26-47)59-37-35-51-55-41-62-56(42-61(55)69-57-33-15-13-31-53(57)63(59)65(51)69)52-36-38-60(64-54-32-14-16-34-58(54)70(62)66(52)64)68(48-27-11-4-12-28-48)50-30-18-24-46(40-50)44-21-7-2-8-22-44;1-5-17-43(18-6-1)45-29-33-49(34-30-45)67(47-21-9-3-10-22-47)59-39-37-51-55-41-62-56(42-61(55)69-57-27-15-13-25-53(57)63(59)65(51)69)52-38-40-60(64-54-26-14-16-28-58(54)70(62)66(52)64)68(48-23-11-4-12-24-48)50-35-31-46(32-36-50)44-19-7-2-8-20-44/h2*1-42H. The summed E-state index contributed by atoms with van der Waals surface area (Å²) in [5.41, 5.74) is 37.8. The highest BCUT2D eigenvalue weighted by molar-refractivity contribution is 6.35. The van der Waals surface area contributed by atoms with E-state index in [0.717, 1.165) is 68.2 Å². The topological polar surface area (TPSA) is 30.6 Å². The monoisotopic (exact) mass is 1780 g/mol. The van der Waals surface area contributed by atoms with Crippen molar-refractivity contribution in [1.82, 2.24) is 17.6 Å². The molecular formula is C132H84N8. The Morgan fingerprint density at radius 3 is 0.564 bits per heavy atom. The SMILES string of the molecule is c1ccc(-c2ccc(N(c3ccccc3)c3ccc4c5cc6c(cc5n5c7ccccc7c3c45)c3ccc(N(c4ccccc4)c4ccc(-c5ccccc5)cc4)c4c5ccccc5n6c34)cc2)cc1.c1ccc(-c2cccc(N(c3ccccc3)c3ccc4c5cc6c(cc5n5c7ccccc7c3c45)c3ccc(N(c4ccccc4)c4cccc(-c5ccccc5)c4)c4c5ccccc5n6c34)c2)cc1. The largest absolute Gasteiger partial charge is 0.310 e. The molecule has 0 atom stereocenters. The first kappa shape index (κ1) is 78.7. The maximum Gasteiger partial charge on any atom is 0.0641 e. The molecular weight excluding hydrogens is 1700 g/mol. The fourth-order valence-electron chi connectivity index (χ4n) is 23.5. The molecule has 0 aliphatic rings. The van der Waals surface area contributed by atoms with E-state index in [1.54, 1.807) is 0 Å². The van der Waals surface area contributed by atoms with Gasteiger partial charge in [0.25, 0.3) is 0 Å². The number of benzene rings is 22. The van der Waals surface area contributed by atoms with Gasteiger partial charge in [-0.15, -0.1) is 0 Å². The molecule has 8 nitrogen and oxygen atoms in total. The predicted octanol–water partition coefficient (Wildman–Crippen LogP) is 36.5. The molecule has 0 fully saturated rings. The summed E-state index contributed by atoms with van der Waals surface area (Å²) in [6, 6.07) is 186. The van der Waals surface area contributed by atoms with Crippen molar-refractivity contribution in [2.75, 3.05) is 19.6 Å². The molecule has 30 rings (SSSR count). The number of rotatable bonds is 16. The highest BCUT2D eigenvalue weighted by Crippen LogP contribution is 2.56. The molecule has 0 saturated carbocycles. The third-order valence-electron chi connectivity index (χ3n) is 29.4. The van der Waals surface area contributed by atoms with Crippen molar-refractivity contribution in [3.63, 3.8) is 0 Å². The minimum absolute atomic E-state index is 1.11. The normalized spacial score (nSPS) is 12.0. The van der Waals surface area contributed by atoms with Gasteiger partial charge >= 0.3 is 0 Å². The van der Waals surface area contributed by atoms with Crippen LogP contribution in [0.3, 0.4) is 0 Å². The second-order valence-corrected chi connectivity index (χ2v) is 36.9. The van der Waals surface area contributed by atoms with Crippen LogP contribution in [0, 0.1) is 0 Å². The van der Waals surface area contributed by atoms with Crippen LogP contribution in [0.15, 0.2) is 510 Å². The van der Waals surface area contributed by atoms with E-state index in [9.17, 15) is 0 Å². The van der Waals surface area contributed by atoms with Gasteiger partial charge < -0.3 is 37.2 Å². The molecule has 0 aliphatic carbocycles. The van der Waals surface area contributed by atoms with Gasteiger partial charge in [-0.25, -0.2) is 0 Å². The van der Waals surface area contributed by atoms with E-state index < -0.39 is 0 Å². The van der Waals surface area contributed by atoms with Crippen molar-refractivity contribution < 1.29 is 0 Å². The molecule has 0 unspecified atom stereocenters. The number of hydrogen-bond acceptors (Lipinski definition) is 4. The van der Waals surface area contributed by atoms with Crippen LogP contribution in [0.4, 0.5) is 68.2 Å². The average Bonchev–Trinajstić information content (AvgIpc) is 1.51. The van der Waals surface area contributed by atoms with Crippen LogP contribution in [-0.2, 0) is 0 Å². The molecule has 0 amide bonds. The van der Waals surface area contributed by atoms with Gasteiger partial charge in [0.15, 0.2) is 0 Å². The van der Waals surface area contributed by atoms with Crippen LogP contribution in [0.1, 0.15) is 0 Å². The number of anilines is 12. The van der Waals surface area contributed by atoms with Crippen molar-refractivity contribution in [2.24, 2.45) is 0 Å². The van der Waals surface area contributed by atoms with Gasteiger partial charge in [0, 0.05) is 132 Å². The van der Waals surface area contributed by atoms with Crippen LogP contribution in [0.2, 0.25) is 0 Å². The zero-order valence-electron chi connectivity index (χ0n) is 76.1. The van der Waals surface area contributed by atoms with E-state index in [-0.39, 0.29) is 0 Å². The molecule has 652 valence electrons. The Bertz CT molecular complexity index is 9460. The summed E-state index contributed by atoms with van der Waals surface area (Å²) in [6.45, 7) is 0. The summed E-state index contributed by atoms with van der Waals surface area (Å²) in [5.74, 6) is 0. The summed E-state index contributed by atoms with van der Waals surface area (Å²) >= 11 is 0. The highest BCUT2D eigenvalue weighted by Gasteiger charge is 2.33. The number of nitrogens with zero attached hydrogens (tertiary/aromatic N) is 8. The first-order valence-electron chi connectivity index (χ1n) is 48.2. The molecule has 140 heavy (non-hydrogen) atoms. The second kappa shape index (κ2) is 31.4. The van der Waals surface area contributed by atoms with Crippen LogP contribution in [0.25, 0.3) is 197 Å². The lowest BCUT2D eigenvalue weighted by Crippen LogP contribution is -2.10. The summed E-state index contributed by atoms with van der Waals surface area (Å²) in [5, 5.41) is 19.9. The maximum atomic E-state index is 2.54. The third-order valence-corrected chi connectivity index (χ3v) is 29.4. The van der Waals surface area contributed by atoms with Crippen LogP contribution in [0.5, 0.6) is 0 Å². The quantitative estimate of drug-likeness (QED) is 0.0965. The molecule has 8 heteroatoms. The van der Waals surface area contributed by atoms with Crippen molar-refractivity contribution >= 4 is 221 Å². The molecule has 0 spiro atoms. The van der Waals surface area contributed by atoms with E-state index in [1.807, 2.05) is 0 Å². The van der Waals surface area contributed by atoms with Crippen LogP contribution >= 0.6 is 0 Å². The van der Waals surface area contributed by atoms with Gasteiger partial charge in [0.1, 0.15) is 0 Å². The van der Waals surface area contributed by atoms with Gasteiger partial charge in [0.2, 0.25) is 0 Å². The van der Waals surface area contributed by atoms with Crippen molar-refractivity contribution in [3.05, 3.63) is 510 Å². The van der Waals surface area contributed by atoms with Gasteiger partial charge in [-0.05, 0) is 214 Å². The molecule has 0 radical (unpaired) electrons. The fraction of sp³-hybridized carbons (Fsp3) is 0. The minimum Gasteiger partial charge on any atom is -0.310 e. The van der Waals surface area contributed by atoms with Gasteiger partial charge in [-0.2, -0.15) is 0 Å². The molecule has 0 N–H and O–H groups in total. The maximum absolute atomic E-state index is 2.54. The number of fused-ring (bicyclic) bond motifs is 24. The second-order valence-electron chi connectivity index (χ2n) is 36.9. The molecule has 22 aromatic carbocycles. The molecule has 8 aromatic heterocycles. The predicted molar refractivity (Wildman–Crippen MR) is 592 cm³/mol. The first-order valence-corrected chi connectivity index (χ1v) is 48.2. The Morgan fingerprint density at radius 1 is 0.114 bits per heavy atom. The van der Waals surface area contributed by atoms with Crippen LogP contribution in [-0.4, -0.2) is 17.6 Å². The number of aromatic nitrogens is 4. The molecule has 0 aliphatic heterocycles. The Morgan fingerprint density at radius 2 is 0.307 bits per heavy atom. The van der Waals surface area contributed by atoms with E-state index in [0.29, 0.717) is 0 Å². The van der Waals surface area contributed by atoms with Crippen molar-refractivity contribution in [1.29, 1.82) is 0 Å². The Hall–Kier alpha value is -18.8. The Balaban J connectivity index is 0.000000134. The van der Waals surface area contributed by atoms with Crippen molar-refractivity contribution in [3.8, 4) is 44.5 Å². The van der Waals surface area contributed by atoms with E-state index in [1.165, 1.54) is 197 Å². The average molecular weight is 1780 g/mol. The van der Waals surface area contributed by atoms with E-state index in [4.69, 9.17) is 0 Å². The van der Waals surface area contributed by atoms with Crippen LogP contribution < -0.4 is 19.6 Å². The molecule has 0 bridgehead atoms. The lowest BCUT2D eigenvalue weighted by Gasteiger charge is -2.27. The Labute approximate surface area is 806 Å². The summed E-state index contributed by atoms with van der Waals surface area (Å²) in [7, 11) is 0. The minimum atomic E-state index is 1.11. The first-order chi connectivity index (χ1) is 69.5. The lowest BCUT2D eigenvalue weighted by molar-refractivity contribution is 1.30. The summed E-state index contributed by atoms with van der Waals surface area (Å²) in [4.78, 5) is 9.75. The smallest absolute Gasteiger partial charge is 0.0641 e. The molecule has 0 saturated heterocycles. The molecule has 8 heterocycles. The van der Waals surface area contributed by atoms with E-state index in [2.05, 4.69) is 547 Å². The van der Waals surface area contributed by atoms with E-state index >= 15 is 0 Å². The summed E-state index contributed by atoms with van der Waals surface area (Å²) < 4.78 is 10.1. The van der Waals surface area contributed by atoms with Gasteiger partial charge in [0.05, 0.1) is 88.9 Å². The fourth-order valence-corrected chi connectivity index (χ4v) is 23.5. The Kier molecular flexibility index (Phi) is 17.7. The zero-order chi connectivity index (χ0) is 91.7. The number of para-hydroxylation sites is 8. The third kappa shape index (κ3) is 12.0. The highest BCUT2D eigenvalue weighted by atomic mass is 15.2.